The van der Waals surface area contributed by atoms with Crippen LogP contribution in [0.3, 0.4) is 0 Å². The summed E-state index contributed by atoms with van der Waals surface area (Å²) in [5.41, 5.74) is 1.01. The Morgan fingerprint density at radius 2 is 2.25 bits per heavy atom. The number of aromatic nitrogens is 1. The largest absolute Gasteiger partial charge is 0.360 e. The zero-order valence-corrected chi connectivity index (χ0v) is 13.2. The molecule has 1 saturated carbocycles. The van der Waals surface area contributed by atoms with E-state index < -0.39 is 0 Å². The quantitative estimate of drug-likeness (QED) is 0.754. The first kappa shape index (κ1) is 15.5. The maximum absolute atomic E-state index is 5.46. The fourth-order valence-electron chi connectivity index (χ4n) is 2.57. The standard InChI is InChI=1S/C16H29N3O/c1-4-19(11-14-6-5-7-14)12-16-8-15(18-20-16)10-17-9-13(2)3/h8,13-14,17H,4-7,9-12H2,1-3H3. The molecule has 4 heteroatoms. The third-order valence-corrected chi connectivity index (χ3v) is 4.03. The Bertz CT molecular complexity index is 385. The van der Waals surface area contributed by atoms with Crippen molar-refractivity contribution in [2.75, 3.05) is 19.6 Å². The van der Waals surface area contributed by atoms with Crippen LogP contribution in [0.5, 0.6) is 0 Å². The van der Waals surface area contributed by atoms with E-state index >= 15 is 0 Å². The number of nitrogens with one attached hydrogen (secondary N) is 1. The van der Waals surface area contributed by atoms with Gasteiger partial charge in [-0.05, 0) is 37.8 Å². The predicted octanol–water partition coefficient (Wildman–Crippen LogP) is 3.04. The molecule has 0 amide bonds. The molecule has 0 atom stereocenters. The maximum Gasteiger partial charge on any atom is 0.151 e. The molecule has 1 aromatic heterocycles. The van der Waals surface area contributed by atoms with E-state index in [1.54, 1.807) is 0 Å². The molecule has 0 saturated heterocycles. The Labute approximate surface area is 122 Å². The molecule has 0 unspecified atom stereocenters. The molecule has 1 aliphatic carbocycles. The Balaban J connectivity index is 1.75. The Morgan fingerprint density at radius 3 is 2.85 bits per heavy atom. The van der Waals surface area contributed by atoms with Gasteiger partial charge in [0, 0.05) is 19.2 Å². The van der Waals surface area contributed by atoms with E-state index in [4.69, 9.17) is 4.52 Å². The van der Waals surface area contributed by atoms with Crippen LogP contribution in [0, 0.1) is 11.8 Å². The molecule has 1 aromatic rings. The van der Waals surface area contributed by atoms with Gasteiger partial charge in [-0.15, -0.1) is 0 Å². The van der Waals surface area contributed by atoms with Crippen LogP contribution in [0.25, 0.3) is 0 Å². The third-order valence-electron chi connectivity index (χ3n) is 4.03. The van der Waals surface area contributed by atoms with E-state index in [1.807, 2.05) is 0 Å². The second kappa shape index (κ2) is 7.79. The summed E-state index contributed by atoms with van der Waals surface area (Å²) in [6, 6.07) is 2.09. The highest BCUT2D eigenvalue weighted by Crippen LogP contribution is 2.27. The molecule has 4 nitrogen and oxygen atoms in total. The summed E-state index contributed by atoms with van der Waals surface area (Å²) in [6.45, 7) is 11.6. The number of nitrogens with zero attached hydrogens (tertiary/aromatic N) is 2. The molecule has 0 radical (unpaired) electrons. The summed E-state index contributed by atoms with van der Waals surface area (Å²) in [4.78, 5) is 2.47. The molecule has 20 heavy (non-hydrogen) atoms. The highest BCUT2D eigenvalue weighted by molar-refractivity contribution is 5.05. The van der Waals surface area contributed by atoms with Gasteiger partial charge in [-0.2, -0.15) is 0 Å². The summed E-state index contributed by atoms with van der Waals surface area (Å²) in [5, 5.41) is 7.55. The molecule has 1 heterocycles. The normalized spacial score (nSPS) is 16.1. The average Bonchev–Trinajstić information content (AvgIpc) is 2.79. The van der Waals surface area contributed by atoms with Crippen LogP contribution < -0.4 is 5.32 Å². The van der Waals surface area contributed by atoms with Crippen LogP contribution >= 0.6 is 0 Å². The smallest absolute Gasteiger partial charge is 0.151 e. The lowest BCUT2D eigenvalue weighted by Gasteiger charge is -2.31. The van der Waals surface area contributed by atoms with E-state index in [9.17, 15) is 0 Å². The maximum atomic E-state index is 5.46. The molecule has 0 bridgehead atoms. The summed E-state index contributed by atoms with van der Waals surface area (Å²) >= 11 is 0. The summed E-state index contributed by atoms with van der Waals surface area (Å²) in [5.74, 6) is 2.57. The lowest BCUT2D eigenvalue weighted by molar-refractivity contribution is 0.164. The van der Waals surface area contributed by atoms with Gasteiger partial charge in [0.1, 0.15) is 0 Å². The van der Waals surface area contributed by atoms with Crippen molar-refractivity contribution in [3.63, 3.8) is 0 Å². The van der Waals surface area contributed by atoms with Crippen molar-refractivity contribution in [3.05, 3.63) is 17.5 Å². The fraction of sp³-hybridized carbons (Fsp3) is 0.812. The first-order valence-electron chi connectivity index (χ1n) is 8.05. The van der Waals surface area contributed by atoms with Crippen LogP contribution in [0.15, 0.2) is 10.6 Å². The van der Waals surface area contributed by atoms with Crippen LogP contribution in [-0.4, -0.2) is 29.7 Å². The summed E-state index contributed by atoms with van der Waals surface area (Å²) in [6.07, 6.45) is 4.21. The van der Waals surface area contributed by atoms with Crippen LogP contribution in [-0.2, 0) is 13.1 Å². The molecular formula is C16H29N3O. The van der Waals surface area contributed by atoms with Crippen molar-refractivity contribution >= 4 is 0 Å². The number of rotatable bonds is 9. The van der Waals surface area contributed by atoms with Gasteiger partial charge in [0.15, 0.2) is 5.76 Å². The minimum Gasteiger partial charge on any atom is -0.360 e. The van der Waals surface area contributed by atoms with Crippen LogP contribution in [0.1, 0.15) is 51.5 Å². The van der Waals surface area contributed by atoms with Gasteiger partial charge in [0.2, 0.25) is 0 Å². The van der Waals surface area contributed by atoms with Gasteiger partial charge in [-0.25, -0.2) is 0 Å². The van der Waals surface area contributed by atoms with Gasteiger partial charge >= 0.3 is 0 Å². The van der Waals surface area contributed by atoms with Gasteiger partial charge in [0.05, 0.1) is 12.2 Å². The van der Waals surface area contributed by atoms with Crippen molar-refractivity contribution < 1.29 is 4.52 Å². The highest BCUT2D eigenvalue weighted by atomic mass is 16.5. The van der Waals surface area contributed by atoms with Crippen LogP contribution in [0.2, 0.25) is 0 Å². The molecule has 1 aliphatic rings. The van der Waals surface area contributed by atoms with Gasteiger partial charge < -0.3 is 9.84 Å². The van der Waals surface area contributed by atoms with E-state index in [-0.39, 0.29) is 0 Å². The Hall–Kier alpha value is -0.870. The van der Waals surface area contributed by atoms with Crippen molar-refractivity contribution in [1.29, 1.82) is 0 Å². The number of hydrogen-bond donors (Lipinski definition) is 1. The molecule has 2 rings (SSSR count). The zero-order valence-electron chi connectivity index (χ0n) is 13.2. The van der Waals surface area contributed by atoms with Crippen molar-refractivity contribution in [2.24, 2.45) is 11.8 Å². The van der Waals surface area contributed by atoms with E-state index in [0.717, 1.165) is 43.6 Å². The van der Waals surface area contributed by atoms with Crippen molar-refractivity contribution in [3.8, 4) is 0 Å². The average molecular weight is 279 g/mol. The highest BCUT2D eigenvalue weighted by Gasteiger charge is 2.20. The fourth-order valence-corrected chi connectivity index (χ4v) is 2.57. The SMILES string of the molecule is CCN(Cc1cc(CNCC(C)C)no1)CC1CCC1. The van der Waals surface area contributed by atoms with Gasteiger partial charge in [-0.1, -0.05) is 32.3 Å². The second-order valence-electron chi connectivity index (χ2n) is 6.43. The third kappa shape index (κ3) is 4.91. The molecule has 0 aromatic carbocycles. The molecule has 0 spiro atoms. The van der Waals surface area contributed by atoms with E-state index in [2.05, 4.69) is 42.2 Å². The van der Waals surface area contributed by atoms with E-state index in [0.29, 0.717) is 5.92 Å². The number of hydrogen-bond acceptors (Lipinski definition) is 4. The van der Waals surface area contributed by atoms with Gasteiger partial charge in [0.25, 0.3) is 0 Å². The topological polar surface area (TPSA) is 41.3 Å². The summed E-state index contributed by atoms with van der Waals surface area (Å²) < 4.78 is 5.46. The van der Waals surface area contributed by atoms with E-state index in [1.165, 1.54) is 25.8 Å². The molecule has 1 fully saturated rings. The summed E-state index contributed by atoms with van der Waals surface area (Å²) in [7, 11) is 0. The van der Waals surface area contributed by atoms with Gasteiger partial charge in [-0.3, -0.25) is 4.90 Å². The molecule has 114 valence electrons. The minimum atomic E-state index is 0.666. The Morgan fingerprint density at radius 1 is 1.45 bits per heavy atom. The lowest BCUT2D eigenvalue weighted by atomic mass is 9.85. The first-order chi connectivity index (χ1) is 9.67. The van der Waals surface area contributed by atoms with Crippen molar-refractivity contribution in [1.82, 2.24) is 15.4 Å². The van der Waals surface area contributed by atoms with Crippen molar-refractivity contribution in [2.45, 2.75) is 53.1 Å². The zero-order chi connectivity index (χ0) is 14.4. The molecular weight excluding hydrogens is 250 g/mol. The lowest BCUT2D eigenvalue weighted by Crippen LogP contribution is -2.31. The molecule has 0 aliphatic heterocycles. The first-order valence-corrected chi connectivity index (χ1v) is 8.05. The second-order valence-corrected chi connectivity index (χ2v) is 6.43. The predicted molar refractivity (Wildman–Crippen MR) is 81.3 cm³/mol. The van der Waals surface area contributed by atoms with Crippen LogP contribution in [0.4, 0.5) is 0 Å². The Kier molecular flexibility index (Phi) is 6.05. The minimum absolute atomic E-state index is 0.666. The molecule has 1 N–H and O–H groups in total. The monoisotopic (exact) mass is 279 g/mol.